The number of hydrogen-bond donors (Lipinski definition) is 0. The lowest BCUT2D eigenvalue weighted by atomic mass is 10.1. The maximum Gasteiger partial charge on any atom is 0.164 e. The molecule has 0 amide bonds. The third kappa shape index (κ3) is 2.49. The van der Waals surface area contributed by atoms with E-state index in [1.807, 2.05) is 30.3 Å². The lowest BCUT2D eigenvalue weighted by Crippen LogP contribution is -2.06. The minimum atomic E-state index is 0.131. The molecule has 4 nitrogen and oxygen atoms in total. The maximum absolute atomic E-state index is 11.7. The van der Waals surface area contributed by atoms with Gasteiger partial charge in [0.1, 0.15) is 0 Å². The Hall–Kier alpha value is -1.97. The second-order valence-corrected chi connectivity index (χ2v) is 3.21. The Morgan fingerprint density at radius 1 is 1.27 bits per heavy atom. The Labute approximate surface area is 87.5 Å². The average molecular weight is 201 g/mol. The molecule has 0 atom stereocenters. The number of ketones is 1. The highest BCUT2D eigenvalue weighted by molar-refractivity contribution is 5.95. The number of Topliss-reactive ketones (excluding diaryl/α,β-unsaturated/α-hetero) is 1. The molecule has 0 unspecified atom stereocenters. The van der Waals surface area contributed by atoms with Gasteiger partial charge in [0, 0.05) is 24.7 Å². The Balaban J connectivity index is 1.94. The van der Waals surface area contributed by atoms with Crippen molar-refractivity contribution >= 4 is 5.78 Å². The molecule has 0 saturated heterocycles. The molecule has 0 N–H and O–H groups in total. The topological polar surface area (TPSA) is 47.8 Å². The number of aryl methyl sites for hydroxylation is 1. The zero-order valence-corrected chi connectivity index (χ0v) is 8.21. The lowest BCUT2D eigenvalue weighted by Gasteiger charge is -2.00. The second-order valence-electron chi connectivity index (χ2n) is 3.21. The van der Waals surface area contributed by atoms with Crippen LogP contribution in [0.15, 0.2) is 42.7 Å². The van der Waals surface area contributed by atoms with Gasteiger partial charge in [0.15, 0.2) is 5.78 Å². The first-order valence-electron chi connectivity index (χ1n) is 4.78. The van der Waals surface area contributed by atoms with Crippen LogP contribution >= 0.6 is 0 Å². The number of nitrogens with zero attached hydrogens (tertiary/aromatic N) is 3. The number of aromatic nitrogens is 3. The minimum Gasteiger partial charge on any atom is -0.294 e. The third-order valence-corrected chi connectivity index (χ3v) is 2.14. The summed E-state index contributed by atoms with van der Waals surface area (Å²) < 4.78 is 1.65. The van der Waals surface area contributed by atoms with Crippen LogP contribution in [0.2, 0.25) is 0 Å². The molecule has 76 valence electrons. The van der Waals surface area contributed by atoms with Crippen LogP contribution in [0, 0.1) is 0 Å². The van der Waals surface area contributed by atoms with Gasteiger partial charge in [-0.05, 0) is 0 Å². The van der Waals surface area contributed by atoms with Crippen molar-refractivity contribution < 1.29 is 4.79 Å². The van der Waals surface area contributed by atoms with E-state index in [0.717, 1.165) is 5.56 Å². The van der Waals surface area contributed by atoms with Crippen molar-refractivity contribution in [1.82, 2.24) is 15.0 Å². The predicted molar refractivity (Wildman–Crippen MR) is 55.4 cm³/mol. The van der Waals surface area contributed by atoms with Crippen LogP contribution in [0.1, 0.15) is 16.8 Å². The summed E-state index contributed by atoms with van der Waals surface area (Å²) in [5.41, 5.74) is 0.748. The molecular formula is C11H11N3O. The molecule has 2 rings (SSSR count). The molecule has 0 spiro atoms. The zero-order valence-electron chi connectivity index (χ0n) is 8.21. The van der Waals surface area contributed by atoms with Crippen molar-refractivity contribution in [3.63, 3.8) is 0 Å². The molecular weight excluding hydrogens is 190 g/mol. The van der Waals surface area contributed by atoms with E-state index in [9.17, 15) is 4.79 Å². The average Bonchev–Trinajstić information content (AvgIpc) is 2.80. The van der Waals surface area contributed by atoms with Gasteiger partial charge in [0.2, 0.25) is 0 Å². The smallest absolute Gasteiger partial charge is 0.164 e. The van der Waals surface area contributed by atoms with Crippen LogP contribution in [-0.2, 0) is 6.54 Å². The fourth-order valence-electron chi connectivity index (χ4n) is 1.34. The van der Waals surface area contributed by atoms with Gasteiger partial charge in [0.25, 0.3) is 0 Å². The van der Waals surface area contributed by atoms with E-state index in [1.165, 1.54) is 0 Å². The lowest BCUT2D eigenvalue weighted by molar-refractivity contribution is 0.0975. The fraction of sp³-hybridized carbons (Fsp3) is 0.182. The van der Waals surface area contributed by atoms with Gasteiger partial charge in [-0.3, -0.25) is 9.48 Å². The first-order valence-corrected chi connectivity index (χ1v) is 4.78. The molecule has 1 aromatic carbocycles. The van der Waals surface area contributed by atoms with Gasteiger partial charge in [-0.2, -0.15) is 0 Å². The van der Waals surface area contributed by atoms with Crippen LogP contribution in [0.4, 0.5) is 0 Å². The molecule has 0 aliphatic heterocycles. The summed E-state index contributed by atoms with van der Waals surface area (Å²) >= 11 is 0. The van der Waals surface area contributed by atoms with Gasteiger partial charge in [-0.1, -0.05) is 35.5 Å². The second kappa shape index (κ2) is 4.50. The van der Waals surface area contributed by atoms with Gasteiger partial charge < -0.3 is 0 Å². The summed E-state index contributed by atoms with van der Waals surface area (Å²) in [6.45, 7) is 0.577. The first kappa shape index (κ1) is 9.58. The van der Waals surface area contributed by atoms with Gasteiger partial charge in [-0.25, -0.2) is 0 Å². The number of hydrogen-bond acceptors (Lipinski definition) is 3. The van der Waals surface area contributed by atoms with Crippen LogP contribution in [0.25, 0.3) is 0 Å². The quantitative estimate of drug-likeness (QED) is 0.705. The molecule has 0 bridgehead atoms. The standard InChI is InChI=1S/C11H11N3O/c15-11(10-4-2-1-3-5-10)6-8-14-9-7-12-13-14/h1-5,7,9H,6,8H2. The summed E-state index contributed by atoms with van der Waals surface area (Å²) in [6.07, 6.45) is 3.80. The van der Waals surface area contributed by atoms with Gasteiger partial charge in [-0.15, -0.1) is 5.10 Å². The minimum absolute atomic E-state index is 0.131. The highest BCUT2D eigenvalue weighted by Crippen LogP contribution is 2.03. The first-order chi connectivity index (χ1) is 7.36. The molecule has 1 aromatic heterocycles. The van der Waals surface area contributed by atoms with Gasteiger partial charge in [0.05, 0.1) is 6.20 Å². The van der Waals surface area contributed by atoms with Gasteiger partial charge >= 0.3 is 0 Å². The van der Waals surface area contributed by atoms with Crippen LogP contribution in [0.3, 0.4) is 0 Å². The third-order valence-electron chi connectivity index (χ3n) is 2.14. The molecule has 0 aliphatic carbocycles. The largest absolute Gasteiger partial charge is 0.294 e. The molecule has 1 heterocycles. The van der Waals surface area contributed by atoms with Crippen LogP contribution < -0.4 is 0 Å². The summed E-state index contributed by atoms with van der Waals surface area (Å²) in [6, 6.07) is 9.27. The maximum atomic E-state index is 11.7. The molecule has 15 heavy (non-hydrogen) atoms. The summed E-state index contributed by atoms with van der Waals surface area (Å²) in [5.74, 6) is 0.131. The van der Waals surface area contributed by atoms with Crippen molar-refractivity contribution in [2.45, 2.75) is 13.0 Å². The Kier molecular flexibility index (Phi) is 2.88. The van der Waals surface area contributed by atoms with Crippen molar-refractivity contribution in [2.75, 3.05) is 0 Å². The van der Waals surface area contributed by atoms with Crippen molar-refractivity contribution in [2.24, 2.45) is 0 Å². The number of carbonyl (C=O) groups excluding carboxylic acids is 1. The Morgan fingerprint density at radius 2 is 2.07 bits per heavy atom. The summed E-state index contributed by atoms with van der Waals surface area (Å²) in [4.78, 5) is 11.7. The molecule has 2 aromatic rings. The Bertz CT molecular complexity index is 422. The SMILES string of the molecule is O=C(CCn1ccnn1)c1ccccc1. The predicted octanol–water partition coefficient (Wildman–Crippen LogP) is 1.55. The zero-order chi connectivity index (χ0) is 10.5. The molecule has 0 fully saturated rings. The van der Waals surface area contributed by atoms with E-state index >= 15 is 0 Å². The van der Waals surface area contributed by atoms with E-state index in [4.69, 9.17) is 0 Å². The van der Waals surface area contributed by atoms with Crippen LogP contribution in [0.5, 0.6) is 0 Å². The highest BCUT2D eigenvalue weighted by atomic mass is 16.1. The number of benzene rings is 1. The highest BCUT2D eigenvalue weighted by Gasteiger charge is 2.04. The number of rotatable bonds is 4. The van der Waals surface area contributed by atoms with Crippen molar-refractivity contribution in [1.29, 1.82) is 0 Å². The van der Waals surface area contributed by atoms with E-state index in [2.05, 4.69) is 10.3 Å². The summed E-state index contributed by atoms with van der Waals surface area (Å²) in [7, 11) is 0. The summed E-state index contributed by atoms with van der Waals surface area (Å²) in [5, 5.41) is 7.47. The molecule has 0 radical (unpaired) electrons. The fourth-order valence-corrected chi connectivity index (χ4v) is 1.34. The van der Waals surface area contributed by atoms with E-state index in [-0.39, 0.29) is 5.78 Å². The monoisotopic (exact) mass is 201 g/mol. The van der Waals surface area contributed by atoms with Crippen LogP contribution in [-0.4, -0.2) is 20.8 Å². The van der Waals surface area contributed by atoms with E-state index in [1.54, 1.807) is 17.1 Å². The normalized spacial score (nSPS) is 10.1. The van der Waals surface area contributed by atoms with Crippen molar-refractivity contribution in [3.8, 4) is 0 Å². The number of carbonyl (C=O) groups is 1. The van der Waals surface area contributed by atoms with Crippen molar-refractivity contribution in [3.05, 3.63) is 48.3 Å². The molecule has 0 saturated carbocycles. The molecule has 0 aliphatic rings. The van der Waals surface area contributed by atoms with E-state index < -0.39 is 0 Å². The molecule has 4 heteroatoms. The van der Waals surface area contributed by atoms with E-state index in [0.29, 0.717) is 13.0 Å². The Morgan fingerprint density at radius 3 is 2.73 bits per heavy atom.